The molecule has 0 aliphatic rings. The number of methoxy groups -OCH3 is 1. The first-order chi connectivity index (χ1) is 11.8. The number of para-hydroxylation sites is 1. The van der Waals surface area contributed by atoms with Crippen LogP contribution in [0.15, 0.2) is 24.3 Å². The number of hydrogen-bond donors (Lipinski definition) is 1. The Morgan fingerprint density at radius 3 is 2.52 bits per heavy atom. The summed E-state index contributed by atoms with van der Waals surface area (Å²) in [5, 5.41) is 7.56. The van der Waals surface area contributed by atoms with E-state index < -0.39 is 0 Å². The first-order valence-electron chi connectivity index (χ1n) is 8.80. The van der Waals surface area contributed by atoms with Crippen molar-refractivity contribution in [2.24, 2.45) is 5.92 Å². The standard InChI is InChI=1S/C20H29N3O2/c1-13(2)23-16(5)20(15(4)22-23)21-19(24)12-14(3)11-17-9-7-8-10-18(17)25-6/h7-10,13-14H,11-12H2,1-6H3,(H,21,24)/t14-/m1/s1. The summed E-state index contributed by atoms with van der Waals surface area (Å²) in [7, 11) is 1.67. The van der Waals surface area contributed by atoms with Crippen LogP contribution in [-0.4, -0.2) is 22.8 Å². The Hall–Kier alpha value is -2.30. The van der Waals surface area contributed by atoms with Crippen LogP contribution in [0.25, 0.3) is 0 Å². The highest BCUT2D eigenvalue weighted by molar-refractivity contribution is 5.92. The zero-order chi connectivity index (χ0) is 18.6. The van der Waals surface area contributed by atoms with Gasteiger partial charge in [0.1, 0.15) is 5.75 Å². The van der Waals surface area contributed by atoms with E-state index in [9.17, 15) is 4.79 Å². The average molecular weight is 343 g/mol. The van der Waals surface area contributed by atoms with E-state index in [2.05, 4.69) is 31.2 Å². The number of ether oxygens (including phenoxy) is 1. The van der Waals surface area contributed by atoms with Crippen molar-refractivity contribution in [1.82, 2.24) is 9.78 Å². The van der Waals surface area contributed by atoms with E-state index in [4.69, 9.17) is 4.74 Å². The van der Waals surface area contributed by atoms with E-state index in [1.54, 1.807) is 7.11 Å². The predicted molar refractivity (Wildman–Crippen MR) is 101 cm³/mol. The second-order valence-electron chi connectivity index (χ2n) is 6.96. The van der Waals surface area contributed by atoms with Crippen molar-refractivity contribution in [2.75, 3.05) is 12.4 Å². The number of carbonyl (C=O) groups is 1. The summed E-state index contributed by atoms with van der Waals surface area (Å²) in [5.74, 6) is 1.12. The number of aryl methyl sites for hydroxylation is 1. The third kappa shape index (κ3) is 4.62. The van der Waals surface area contributed by atoms with Gasteiger partial charge in [0, 0.05) is 12.5 Å². The largest absolute Gasteiger partial charge is 0.496 e. The van der Waals surface area contributed by atoms with E-state index >= 15 is 0 Å². The Labute approximate surface area is 150 Å². The van der Waals surface area contributed by atoms with Gasteiger partial charge in [-0.3, -0.25) is 9.48 Å². The SMILES string of the molecule is COc1ccccc1C[C@@H](C)CC(=O)Nc1c(C)nn(C(C)C)c1C. The van der Waals surface area contributed by atoms with Crippen molar-refractivity contribution in [3.05, 3.63) is 41.2 Å². The summed E-state index contributed by atoms with van der Waals surface area (Å²) in [5.41, 5.74) is 3.82. The molecule has 1 amide bonds. The zero-order valence-electron chi connectivity index (χ0n) is 16.1. The number of nitrogens with one attached hydrogen (secondary N) is 1. The number of benzene rings is 1. The molecule has 2 aromatic rings. The van der Waals surface area contributed by atoms with Gasteiger partial charge >= 0.3 is 0 Å². The topological polar surface area (TPSA) is 56.1 Å². The fourth-order valence-electron chi connectivity index (χ4n) is 3.17. The third-order valence-electron chi connectivity index (χ3n) is 4.37. The third-order valence-corrected chi connectivity index (χ3v) is 4.37. The van der Waals surface area contributed by atoms with E-state index in [0.29, 0.717) is 6.42 Å². The summed E-state index contributed by atoms with van der Waals surface area (Å²) in [6.45, 7) is 10.2. The fraction of sp³-hybridized carbons (Fsp3) is 0.500. The lowest BCUT2D eigenvalue weighted by atomic mass is 9.97. The van der Waals surface area contributed by atoms with Crippen LogP contribution >= 0.6 is 0 Å². The van der Waals surface area contributed by atoms with Gasteiger partial charge < -0.3 is 10.1 Å². The maximum atomic E-state index is 12.5. The molecule has 1 aromatic heterocycles. The summed E-state index contributed by atoms with van der Waals surface area (Å²) < 4.78 is 7.34. The number of rotatable bonds is 7. The smallest absolute Gasteiger partial charge is 0.224 e. The van der Waals surface area contributed by atoms with Crippen LogP contribution in [0.4, 0.5) is 5.69 Å². The quantitative estimate of drug-likeness (QED) is 0.815. The Morgan fingerprint density at radius 1 is 1.24 bits per heavy atom. The lowest BCUT2D eigenvalue weighted by Gasteiger charge is -2.14. The maximum absolute atomic E-state index is 12.5. The second kappa shape index (κ2) is 8.19. The number of carbonyl (C=O) groups excluding carboxylic acids is 1. The van der Waals surface area contributed by atoms with Gasteiger partial charge in [0.05, 0.1) is 24.2 Å². The monoisotopic (exact) mass is 343 g/mol. The molecular weight excluding hydrogens is 314 g/mol. The molecule has 1 N–H and O–H groups in total. The van der Waals surface area contributed by atoms with Crippen LogP contribution in [-0.2, 0) is 11.2 Å². The van der Waals surface area contributed by atoms with Gasteiger partial charge in [-0.15, -0.1) is 0 Å². The lowest BCUT2D eigenvalue weighted by Crippen LogP contribution is -2.17. The molecule has 0 saturated heterocycles. The minimum absolute atomic E-state index is 0.0249. The minimum Gasteiger partial charge on any atom is -0.496 e. The average Bonchev–Trinajstić information content (AvgIpc) is 2.83. The highest BCUT2D eigenvalue weighted by Crippen LogP contribution is 2.25. The zero-order valence-corrected chi connectivity index (χ0v) is 16.1. The van der Waals surface area contributed by atoms with Crippen molar-refractivity contribution in [3.63, 3.8) is 0 Å². The highest BCUT2D eigenvalue weighted by atomic mass is 16.5. The molecule has 0 spiro atoms. The van der Waals surface area contributed by atoms with Gasteiger partial charge in [-0.2, -0.15) is 5.10 Å². The van der Waals surface area contributed by atoms with Crippen LogP contribution in [0, 0.1) is 19.8 Å². The predicted octanol–water partition coefficient (Wildman–Crippen LogP) is 4.30. The van der Waals surface area contributed by atoms with E-state index in [0.717, 1.165) is 34.8 Å². The lowest BCUT2D eigenvalue weighted by molar-refractivity contribution is -0.117. The van der Waals surface area contributed by atoms with Crippen molar-refractivity contribution < 1.29 is 9.53 Å². The van der Waals surface area contributed by atoms with Crippen molar-refractivity contribution in [3.8, 4) is 5.75 Å². The normalized spacial score (nSPS) is 12.3. The van der Waals surface area contributed by atoms with Crippen molar-refractivity contribution in [1.29, 1.82) is 0 Å². The minimum atomic E-state index is 0.0249. The van der Waals surface area contributed by atoms with Gasteiger partial charge in [-0.25, -0.2) is 0 Å². The van der Waals surface area contributed by atoms with E-state index in [1.807, 2.05) is 42.8 Å². The van der Waals surface area contributed by atoms with Crippen LogP contribution in [0.5, 0.6) is 5.75 Å². The van der Waals surface area contributed by atoms with Crippen molar-refractivity contribution in [2.45, 2.75) is 53.5 Å². The maximum Gasteiger partial charge on any atom is 0.224 e. The van der Waals surface area contributed by atoms with Gasteiger partial charge in [-0.05, 0) is 51.7 Å². The molecule has 136 valence electrons. The van der Waals surface area contributed by atoms with Crippen molar-refractivity contribution >= 4 is 11.6 Å². The molecule has 1 aromatic carbocycles. The molecule has 0 unspecified atom stereocenters. The van der Waals surface area contributed by atoms with Gasteiger partial charge in [0.25, 0.3) is 0 Å². The summed E-state index contributed by atoms with van der Waals surface area (Å²) >= 11 is 0. The summed E-state index contributed by atoms with van der Waals surface area (Å²) in [6, 6.07) is 8.23. The van der Waals surface area contributed by atoms with Crippen LogP contribution in [0.1, 0.15) is 50.2 Å². The molecule has 0 aliphatic heterocycles. The summed E-state index contributed by atoms with van der Waals surface area (Å²) in [6.07, 6.45) is 1.27. The van der Waals surface area contributed by atoms with Gasteiger partial charge in [-0.1, -0.05) is 25.1 Å². The Bertz CT molecular complexity index is 735. The molecule has 0 saturated carbocycles. The first-order valence-corrected chi connectivity index (χ1v) is 8.80. The second-order valence-corrected chi connectivity index (χ2v) is 6.96. The molecule has 0 radical (unpaired) electrons. The van der Waals surface area contributed by atoms with Crippen LogP contribution in [0.3, 0.4) is 0 Å². The molecule has 5 heteroatoms. The van der Waals surface area contributed by atoms with E-state index in [1.165, 1.54) is 0 Å². The van der Waals surface area contributed by atoms with Crippen LogP contribution in [0.2, 0.25) is 0 Å². The summed E-state index contributed by atoms with van der Waals surface area (Å²) in [4.78, 5) is 12.5. The molecule has 0 aliphatic carbocycles. The molecule has 2 rings (SSSR count). The molecule has 0 fully saturated rings. The van der Waals surface area contributed by atoms with E-state index in [-0.39, 0.29) is 17.9 Å². The van der Waals surface area contributed by atoms with Gasteiger partial charge in [0.2, 0.25) is 5.91 Å². The molecule has 1 atom stereocenters. The molecule has 5 nitrogen and oxygen atoms in total. The molecule has 1 heterocycles. The molecule has 0 bridgehead atoms. The number of aromatic nitrogens is 2. The highest BCUT2D eigenvalue weighted by Gasteiger charge is 2.17. The number of anilines is 1. The Kier molecular flexibility index (Phi) is 6.23. The van der Waals surface area contributed by atoms with Crippen LogP contribution < -0.4 is 10.1 Å². The molecule has 25 heavy (non-hydrogen) atoms. The Balaban J connectivity index is 2.01. The molecular formula is C20H29N3O2. The van der Waals surface area contributed by atoms with Gasteiger partial charge in [0.15, 0.2) is 0 Å². The fourth-order valence-corrected chi connectivity index (χ4v) is 3.17. The number of hydrogen-bond acceptors (Lipinski definition) is 3. The Morgan fingerprint density at radius 2 is 1.92 bits per heavy atom. The number of nitrogens with zero attached hydrogens (tertiary/aromatic N) is 2. The first kappa shape index (κ1) is 19.0. The number of amides is 1.